The Labute approximate surface area is 187 Å². The predicted octanol–water partition coefficient (Wildman–Crippen LogP) is 3.77. The van der Waals surface area contributed by atoms with Crippen LogP contribution in [0.1, 0.15) is 25.3 Å². The lowest BCUT2D eigenvalue weighted by molar-refractivity contribution is -0.115. The summed E-state index contributed by atoms with van der Waals surface area (Å²) in [5, 5.41) is 5.43. The van der Waals surface area contributed by atoms with Gasteiger partial charge < -0.3 is 5.32 Å². The zero-order chi connectivity index (χ0) is 22.4. The fourth-order valence-electron chi connectivity index (χ4n) is 3.15. The summed E-state index contributed by atoms with van der Waals surface area (Å²) in [6, 6.07) is 12.0. The van der Waals surface area contributed by atoms with Crippen molar-refractivity contribution in [2.24, 2.45) is 5.92 Å². The van der Waals surface area contributed by atoms with Gasteiger partial charge in [-0.2, -0.15) is 4.31 Å². The molecule has 1 amide bonds. The van der Waals surface area contributed by atoms with Gasteiger partial charge in [-0.25, -0.2) is 12.8 Å². The lowest BCUT2D eigenvalue weighted by Gasteiger charge is -2.29. The Balaban J connectivity index is 1.54. The average molecular weight is 462 g/mol. The third-order valence-corrected chi connectivity index (χ3v) is 7.14. The molecule has 0 bridgehead atoms. The highest BCUT2D eigenvalue weighted by Gasteiger charge is 2.27. The van der Waals surface area contributed by atoms with Crippen LogP contribution < -0.4 is 10.6 Å². The second-order valence-corrected chi connectivity index (χ2v) is 9.79. The van der Waals surface area contributed by atoms with Gasteiger partial charge in [-0.05, 0) is 79.0 Å². The number of sulfonamides is 1. The van der Waals surface area contributed by atoms with Gasteiger partial charge in [0.25, 0.3) is 0 Å². The average Bonchev–Trinajstić information content (AvgIpc) is 2.74. The van der Waals surface area contributed by atoms with Gasteiger partial charge in [0.15, 0.2) is 5.11 Å². The summed E-state index contributed by atoms with van der Waals surface area (Å²) in [5.74, 6) is -0.253. The van der Waals surface area contributed by atoms with Crippen molar-refractivity contribution in [2.45, 2.75) is 24.7 Å². The Morgan fingerprint density at radius 2 is 1.71 bits per heavy atom. The van der Waals surface area contributed by atoms with Crippen LogP contribution in [0.4, 0.5) is 10.1 Å². The van der Waals surface area contributed by atoms with E-state index in [2.05, 4.69) is 17.6 Å². The first-order valence-corrected chi connectivity index (χ1v) is 11.7. The van der Waals surface area contributed by atoms with Crippen LogP contribution >= 0.6 is 12.2 Å². The second-order valence-electron chi connectivity index (χ2n) is 7.44. The van der Waals surface area contributed by atoms with Crippen molar-refractivity contribution >= 4 is 45.0 Å². The molecular formula is C22H24FN3O3S2. The van der Waals surface area contributed by atoms with Crippen molar-refractivity contribution in [3.8, 4) is 0 Å². The number of rotatable bonds is 5. The molecule has 0 aromatic heterocycles. The maximum atomic E-state index is 12.9. The molecule has 0 aliphatic carbocycles. The minimum atomic E-state index is -3.52. The standard InChI is InChI=1S/C22H24FN3O3S2/c1-16-12-14-26(15-13-16)31(28,29)20-9-7-19(8-10-20)24-22(30)25-21(27)11-4-17-2-5-18(23)6-3-17/h2-11,16H,12-15H2,1H3,(H2,24,25,27,30)/b11-4+. The Hall–Kier alpha value is -2.62. The van der Waals surface area contributed by atoms with Gasteiger partial charge in [0.2, 0.25) is 15.9 Å². The highest BCUT2D eigenvalue weighted by Crippen LogP contribution is 2.24. The third kappa shape index (κ3) is 6.43. The number of carbonyl (C=O) groups is 1. The normalized spacial score (nSPS) is 15.7. The van der Waals surface area contributed by atoms with E-state index in [0.717, 1.165) is 12.8 Å². The number of piperidine rings is 1. The molecule has 2 aromatic rings. The predicted molar refractivity (Wildman–Crippen MR) is 123 cm³/mol. The summed E-state index contributed by atoms with van der Waals surface area (Å²) >= 11 is 5.13. The van der Waals surface area contributed by atoms with E-state index >= 15 is 0 Å². The van der Waals surface area contributed by atoms with Gasteiger partial charge >= 0.3 is 0 Å². The molecule has 0 radical (unpaired) electrons. The summed E-state index contributed by atoms with van der Waals surface area (Å²) < 4.78 is 40.0. The summed E-state index contributed by atoms with van der Waals surface area (Å²) in [6.45, 7) is 3.20. The Kier molecular flexibility index (Phi) is 7.53. The molecule has 0 unspecified atom stereocenters. The van der Waals surface area contributed by atoms with Gasteiger partial charge in [-0.15, -0.1) is 0 Å². The van der Waals surface area contributed by atoms with Crippen LogP contribution in [0.5, 0.6) is 0 Å². The van der Waals surface area contributed by atoms with E-state index < -0.39 is 15.9 Å². The number of hydrogen-bond donors (Lipinski definition) is 2. The minimum absolute atomic E-state index is 0.0781. The van der Waals surface area contributed by atoms with Gasteiger partial charge in [0.1, 0.15) is 5.82 Å². The Morgan fingerprint density at radius 3 is 2.32 bits per heavy atom. The number of amides is 1. The van der Waals surface area contributed by atoms with Crippen molar-refractivity contribution in [3.63, 3.8) is 0 Å². The number of hydrogen-bond acceptors (Lipinski definition) is 4. The molecule has 9 heteroatoms. The van der Waals surface area contributed by atoms with Crippen LogP contribution in [-0.4, -0.2) is 36.8 Å². The molecule has 3 rings (SSSR count). The van der Waals surface area contributed by atoms with E-state index in [4.69, 9.17) is 12.2 Å². The highest BCUT2D eigenvalue weighted by molar-refractivity contribution is 7.89. The summed E-state index contributed by atoms with van der Waals surface area (Å²) in [4.78, 5) is 12.2. The number of benzene rings is 2. The SMILES string of the molecule is CC1CCN(S(=O)(=O)c2ccc(NC(=S)NC(=O)/C=C/c3ccc(F)cc3)cc2)CC1. The maximum Gasteiger partial charge on any atom is 0.250 e. The molecule has 0 saturated carbocycles. The number of halogens is 1. The molecule has 1 heterocycles. The van der Waals surface area contributed by atoms with Crippen LogP contribution in [-0.2, 0) is 14.8 Å². The minimum Gasteiger partial charge on any atom is -0.332 e. The maximum absolute atomic E-state index is 12.9. The highest BCUT2D eigenvalue weighted by atomic mass is 32.2. The number of nitrogens with zero attached hydrogens (tertiary/aromatic N) is 1. The number of anilines is 1. The van der Waals surface area contributed by atoms with Crippen LogP contribution in [0.15, 0.2) is 59.5 Å². The smallest absolute Gasteiger partial charge is 0.250 e. The first-order chi connectivity index (χ1) is 14.7. The molecule has 1 saturated heterocycles. The zero-order valence-corrected chi connectivity index (χ0v) is 18.7. The molecule has 2 N–H and O–H groups in total. The molecule has 164 valence electrons. The number of nitrogens with one attached hydrogen (secondary N) is 2. The Bertz CT molecular complexity index is 1060. The lowest BCUT2D eigenvalue weighted by atomic mass is 10.0. The van der Waals surface area contributed by atoms with E-state index in [1.165, 1.54) is 34.6 Å². The van der Waals surface area contributed by atoms with Gasteiger partial charge in [-0.3, -0.25) is 10.1 Å². The van der Waals surface area contributed by atoms with Crippen LogP contribution in [0, 0.1) is 11.7 Å². The molecule has 2 aromatic carbocycles. The van der Waals surface area contributed by atoms with Crippen molar-refractivity contribution < 1.29 is 17.6 Å². The van der Waals surface area contributed by atoms with Crippen molar-refractivity contribution in [1.82, 2.24) is 9.62 Å². The van der Waals surface area contributed by atoms with E-state index in [1.807, 2.05) is 0 Å². The van der Waals surface area contributed by atoms with E-state index in [1.54, 1.807) is 30.3 Å². The topological polar surface area (TPSA) is 78.5 Å². The molecule has 0 spiro atoms. The molecule has 1 fully saturated rings. The van der Waals surface area contributed by atoms with Crippen molar-refractivity contribution in [1.29, 1.82) is 0 Å². The van der Waals surface area contributed by atoms with E-state index in [-0.39, 0.29) is 15.8 Å². The lowest BCUT2D eigenvalue weighted by Crippen LogP contribution is -2.37. The fraction of sp³-hybridized carbons (Fsp3) is 0.273. The molecule has 1 aliphatic rings. The summed E-state index contributed by atoms with van der Waals surface area (Å²) in [6.07, 6.45) is 4.56. The zero-order valence-electron chi connectivity index (χ0n) is 17.0. The molecule has 6 nitrogen and oxygen atoms in total. The first-order valence-electron chi connectivity index (χ1n) is 9.90. The van der Waals surface area contributed by atoms with Crippen LogP contribution in [0.2, 0.25) is 0 Å². The molecular weight excluding hydrogens is 437 g/mol. The largest absolute Gasteiger partial charge is 0.332 e. The van der Waals surface area contributed by atoms with Gasteiger partial charge in [0, 0.05) is 24.9 Å². The monoisotopic (exact) mass is 461 g/mol. The summed E-state index contributed by atoms with van der Waals surface area (Å²) in [7, 11) is -3.52. The van der Waals surface area contributed by atoms with Crippen LogP contribution in [0.25, 0.3) is 6.08 Å². The number of thiocarbonyl (C=S) groups is 1. The van der Waals surface area contributed by atoms with Crippen molar-refractivity contribution in [3.05, 3.63) is 66.0 Å². The fourth-order valence-corrected chi connectivity index (χ4v) is 4.83. The van der Waals surface area contributed by atoms with E-state index in [0.29, 0.717) is 30.3 Å². The first kappa shape index (κ1) is 23.1. The van der Waals surface area contributed by atoms with E-state index in [9.17, 15) is 17.6 Å². The second kappa shape index (κ2) is 10.1. The van der Waals surface area contributed by atoms with Gasteiger partial charge in [0.05, 0.1) is 4.90 Å². The summed E-state index contributed by atoms with van der Waals surface area (Å²) in [5.41, 5.74) is 1.23. The molecule has 0 atom stereocenters. The molecule has 1 aliphatic heterocycles. The third-order valence-electron chi connectivity index (χ3n) is 5.03. The molecule has 31 heavy (non-hydrogen) atoms. The number of carbonyl (C=O) groups excluding carboxylic acids is 1. The van der Waals surface area contributed by atoms with Gasteiger partial charge in [-0.1, -0.05) is 19.1 Å². The van der Waals surface area contributed by atoms with Crippen LogP contribution in [0.3, 0.4) is 0 Å². The Morgan fingerprint density at radius 1 is 1.10 bits per heavy atom. The quantitative estimate of drug-likeness (QED) is 0.524. The van der Waals surface area contributed by atoms with Crippen molar-refractivity contribution in [2.75, 3.05) is 18.4 Å².